The van der Waals surface area contributed by atoms with Crippen molar-refractivity contribution in [3.05, 3.63) is 0 Å². The van der Waals surface area contributed by atoms with Gasteiger partial charge in [-0.05, 0) is 39.4 Å². The molecule has 0 unspecified atom stereocenters. The van der Waals surface area contributed by atoms with Gasteiger partial charge in [-0.1, -0.05) is 19.8 Å². The first-order valence-corrected chi connectivity index (χ1v) is 8.11. The van der Waals surface area contributed by atoms with Crippen LogP contribution in [0.1, 0.15) is 20.3 Å². The summed E-state index contributed by atoms with van der Waals surface area (Å²) in [6, 6.07) is -0.523. The van der Waals surface area contributed by atoms with Gasteiger partial charge in [0.05, 0.1) is 12.5 Å². The molecule has 1 heterocycles. The minimum absolute atomic E-state index is 0.0175. The highest BCUT2D eigenvalue weighted by atomic mass is 16.6. The molecule has 7 heteroatoms. The van der Waals surface area contributed by atoms with Gasteiger partial charge in [0.2, 0.25) is 0 Å². The van der Waals surface area contributed by atoms with Crippen molar-refractivity contribution in [2.24, 2.45) is 11.8 Å². The fourth-order valence-electron chi connectivity index (χ4n) is 2.46. The van der Waals surface area contributed by atoms with Crippen LogP contribution in [-0.4, -0.2) is 74.5 Å². The van der Waals surface area contributed by atoms with E-state index in [1.807, 2.05) is 32.8 Å². The molecule has 1 amide bonds. The third kappa shape index (κ3) is 5.95. The number of amides is 1. The van der Waals surface area contributed by atoms with Crippen LogP contribution in [0.5, 0.6) is 0 Å². The molecule has 24 heavy (non-hydrogen) atoms. The molecule has 1 N–H and O–H groups in total. The van der Waals surface area contributed by atoms with E-state index in [0.29, 0.717) is 19.5 Å². The maximum atomic E-state index is 12.1. The Morgan fingerprint density at radius 2 is 2.00 bits per heavy atom. The van der Waals surface area contributed by atoms with Crippen LogP contribution >= 0.6 is 0 Å². The molecular formula is C17H27N3O4. The number of hydrogen-bond acceptors (Lipinski definition) is 6. The first-order chi connectivity index (χ1) is 11.3. The SMILES string of the molecule is CN[C@H](C(=O)OC(=O)[C@H]1CCN(C(=O)C#CCN(C)C)C1)C(C)C. The quantitative estimate of drug-likeness (QED) is 0.422. The van der Waals surface area contributed by atoms with Gasteiger partial charge < -0.3 is 15.0 Å². The van der Waals surface area contributed by atoms with Crippen molar-refractivity contribution in [3.63, 3.8) is 0 Å². The molecular weight excluding hydrogens is 310 g/mol. The number of rotatable bonds is 5. The summed E-state index contributed by atoms with van der Waals surface area (Å²) in [4.78, 5) is 39.5. The maximum absolute atomic E-state index is 12.1. The van der Waals surface area contributed by atoms with Crippen molar-refractivity contribution < 1.29 is 19.1 Å². The first-order valence-electron chi connectivity index (χ1n) is 8.11. The smallest absolute Gasteiger partial charge is 0.331 e. The lowest BCUT2D eigenvalue weighted by atomic mass is 10.0. The summed E-state index contributed by atoms with van der Waals surface area (Å²) in [6.07, 6.45) is 0.485. The van der Waals surface area contributed by atoms with E-state index in [0.717, 1.165) is 0 Å². The standard InChI is InChI=1S/C17H27N3O4/c1-12(2)15(18-3)17(23)24-16(22)13-8-10-20(11-13)14(21)7-6-9-19(4)5/h12-13,15,18H,8-11H2,1-5H3/t13-,15-/m0/s1. The van der Waals surface area contributed by atoms with Crippen LogP contribution in [0.15, 0.2) is 0 Å². The van der Waals surface area contributed by atoms with E-state index in [9.17, 15) is 14.4 Å². The average Bonchev–Trinajstić information content (AvgIpc) is 2.96. The van der Waals surface area contributed by atoms with E-state index >= 15 is 0 Å². The third-order valence-electron chi connectivity index (χ3n) is 3.83. The molecule has 1 fully saturated rings. The molecule has 1 aliphatic rings. The van der Waals surface area contributed by atoms with Crippen LogP contribution in [0.2, 0.25) is 0 Å². The van der Waals surface area contributed by atoms with Crippen LogP contribution in [0.4, 0.5) is 0 Å². The maximum Gasteiger partial charge on any atom is 0.331 e. The Kier molecular flexibility index (Phi) is 7.89. The summed E-state index contributed by atoms with van der Waals surface area (Å²) in [5.74, 6) is 3.44. The van der Waals surface area contributed by atoms with Crippen molar-refractivity contribution in [1.82, 2.24) is 15.1 Å². The molecule has 2 atom stereocenters. The van der Waals surface area contributed by atoms with Crippen LogP contribution in [0.25, 0.3) is 0 Å². The normalized spacial score (nSPS) is 18.3. The Balaban J connectivity index is 2.53. The van der Waals surface area contributed by atoms with Gasteiger partial charge in [-0.15, -0.1) is 0 Å². The number of likely N-dealkylation sites (tertiary alicyclic amines) is 1. The molecule has 0 aromatic heterocycles. The predicted octanol–water partition coefficient (Wildman–Crippen LogP) is -0.286. The van der Waals surface area contributed by atoms with Gasteiger partial charge in [0.1, 0.15) is 6.04 Å². The zero-order valence-electron chi connectivity index (χ0n) is 15.1. The van der Waals surface area contributed by atoms with E-state index in [4.69, 9.17) is 4.74 Å². The van der Waals surface area contributed by atoms with Gasteiger partial charge in [0.15, 0.2) is 0 Å². The van der Waals surface area contributed by atoms with E-state index in [1.54, 1.807) is 7.05 Å². The van der Waals surface area contributed by atoms with Gasteiger partial charge in [0, 0.05) is 13.1 Å². The lowest BCUT2D eigenvalue weighted by molar-refractivity contribution is -0.164. The predicted molar refractivity (Wildman–Crippen MR) is 89.8 cm³/mol. The first kappa shape index (κ1) is 20.1. The van der Waals surface area contributed by atoms with Crippen LogP contribution < -0.4 is 5.32 Å². The van der Waals surface area contributed by atoms with Gasteiger partial charge in [0.25, 0.3) is 5.91 Å². The van der Waals surface area contributed by atoms with Gasteiger partial charge in [-0.3, -0.25) is 14.5 Å². The van der Waals surface area contributed by atoms with Gasteiger partial charge in [-0.25, -0.2) is 4.79 Å². The number of hydrogen-bond donors (Lipinski definition) is 1. The highest BCUT2D eigenvalue weighted by molar-refractivity contribution is 5.95. The summed E-state index contributed by atoms with van der Waals surface area (Å²) >= 11 is 0. The summed E-state index contributed by atoms with van der Waals surface area (Å²) < 4.78 is 4.97. The molecule has 0 spiro atoms. The minimum Gasteiger partial charge on any atom is -0.392 e. The Hall–Kier alpha value is -1.91. The molecule has 0 aromatic carbocycles. The van der Waals surface area contributed by atoms with E-state index < -0.39 is 23.9 Å². The monoisotopic (exact) mass is 337 g/mol. The van der Waals surface area contributed by atoms with Crippen LogP contribution in [-0.2, 0) is 19.1 Å². The molecule has 134 valence electrons. The zero-order valence-corrected chi connectivity index (χ0v) is 15.1. The topological polar surface area (TPSA) is 79.0 Å². The van der Waals surface area contributed by atoms with Crippen LogP contribution in [0, 0.1) is 23.7 Å². The molecule has 1 rings (SSSR count). The second-order valence-electron chi connectivity index (χ2n) is 6.53. The van der Waals surface area contributed by atoms with Gasteiger partial charge >= 0.3 is 11.9 Å². The number of carbonyl (C=O) groups excluding carboxylic acids is 3. The lowest BCUT2D eigenvalue weighted by Gasteiger charge is -2.18. The zero-order chi connectivity index (χ0) is 18.3. The number of esters is 2. The highest BCUT2D eigenvalue weighted by Gasteiger charge is 2.34. The molecule has 1 saturated heterocycles. The Morgan fingerprint density at radius 3 is 2.54 bits per heavy atom. The number of likely N-dealkylation sites (N-methyl/N-ethyl adjacent to an activating group) is 1. The van der Waals surface area contributed by atoms with Crippen molar-refractivity contribution in [2.75, 3.05) is 40.8 Å². The number of nitrogens with zero attached hydrogens (tertiary/aromatic N) is 2. The average molecular weight is 337 g/mol. The molecule has 7 nitrogen and oxygen atoms in total. The number of nitrogens with one attached hydrogen (secondary N) is 1. The van der Waals surface area contributed by atoms with Crippen molar-refractivity contribution in [2.45, 2.75) is 26.3 Å². The third-order valence-corrected chi connectivity index (χ3v) is 3.83. The van der Waals surface area contributed by atoms with E-state index in [2.05, 4.69) is 17.2 Å². The molecule has 0 radical (unpaired) electrons. The highest BCUT2D eigenvalue weighted by Crippen LogP contribution is 2.18. The fourth-order valence-corrected chi connectivity index (χ4v) is 2.46. The lowest BCUT2D eigenvalue weighted by Crippen LogP contribution is -2.41. The minimum atomic E-state index is -0.576. The Labute approximate surface area is 143 Å². The Bertz CT molecular complexity index is 534. The van der Waals surface area contributed by atoms with Crippen LogP contribution in [0.3, 0.4) is 0 Å². The molecule has 0 aromatic rings. The van der Waals surface area contributed by atoms with E-state index in [-0.39, 0.29) is 18.4 Å². The van der Waals surface area contributed by atoms with Crippen molar-refractivity contribution in [3.8, 4) is 11.8 Å². The summed E-state index contributed by atoms with van der Waals surface area (Å²) in [7, 11) is 5.39. The summed E-state index contributed by atoms with van der Waals surface area (Å²) in [5, 5.41) is 2.84. The molecule has 1 aliphatic heterocycles. The second-order valence-corrected chi connectivity index (χ2v) is 6.53. The molecule has 0 bridgehead atoms. The number of ether oxygens (including phenoxy) is 1. The number of carbonyl (C=O) groups is 3. The fraction of sp³-hybridized carbons (Fsp3) is 0.706. The van der Waals surface area contributed by atoms with Crippen molar-refractivity contribution in [1.29, 1.82) is 0 Å². The molecule has 0 aliphatic carbocycles. The summed E-state index contributed by atoms with van der Waals surface area (Å²) in [6.45, 7) is 4.93. The largest absolute Gasteiger partial charge is 0.392 e. The summed E-state index contributed by atoms with van der Waals surface area (Å²) in [5.41, 5.74) is 0. The Morgan fingerprint density at radius 1 is 1.33 bits per heavy atom. The van der Waals surface area contributed by atoms with Gasteiger partial charge in [-0.2, -0.15) is 0 Å². The second kappa shape index (κ2) is 9.40. The van der Waals surface area contributed by atoms with Crippen molar-refractivity contribution >= 4 is 17.8 Å². The van der Waals surface area contributed by atoms with E-state index in [1.165, 1.54) is 4.90 Å². The molecule has 0 saturated carbocycles.